The van der Waals surface area contributed by atoms with Crippen molar-refractivity contribution in [3.8, 4) is 0 Å². The number of rotatable bonds is 3. The van der Waals surface area contributed by atoms with Crippen LogP contribution in [0.5, 0.6) is 0 Å². The maximum absolute atomic E-state index is 6.33. The highest BCUT2D eigenvalue weighted by Gasteiger charge is 2.18. The minimum absolute atomic E-state index is 0.0750. The molecular formula is C16H17Cl2N. The van der Waals surface area contributed by atoms with E-state index < -0.39 is 0 Å². The van der Waals surface area contributed by atoms with Crippen LogP contribution in [0.25, 0.3) is 0 Å². The van der Waals surface area contributed by atoms with Crippen molar-refractivity contribution in [1.82, 2.24) is 5.32 Å². The van der Waals surface area contributed by atoms with E-state index in [4.69, 9.17) is 23.2 Å². The lowest BCUT2D eigenvalue weighted by Gasteiger charge is -2.22. The molecule has 0 aliphatic rings. The van der Waals surface area contributed by atoms with Crippen LogP contribution in [0.4, 0.5) is 0 Å². The number of nitrogens with one attached hydrogen (secondary N) is 1. The summed E-state index contributed by atoms with van der Waals surface area (Å²) in [7, 11) is 1.95. The number of halogens is 2. The highest BCUT2D eigenvalue weighted by atomic mass is 35.5. The van der Waals surface area contributed by atoms with Crippen LogP contribution in [0.2, 0.25) is 10.0 Å². The second-order valence-electron chi connectivity index (χ2n) is 4.69. The van der Waals surface area contributed by atoms with Crippen molar-refractivity contribution in [3.63, 3.8) is 0 Å². The summed E-state index contributed by atoms with van der Waals surface area (Å²) in [6.45, 7) is 4.24. The SMILES string of the molecule is CNC(c1ccc(Cl)cc1Cl)c1c(C)cccc1C. The number of benzene rings is 2. The summed E-state index contributed by atoms with van der Waals surface area (Å²) in [5, 5.41) is 4.70. The van der Waals surface area contributed by atoms with Crippen molar-refractivity contribution in [1.29, 1.82) is 0 Å². The van der Waals surface area contributed by atoms with Crippen molar-refractivity contribution in [2.75, 3.05) is 7.05 Å². The molecule has 0 fully saturated rings. The third kappa shape index (κ3) is 2.94. The van der Waals surface area contributed by atoms with Gasteiger partial charge in [0.15, 0.2) is 0 Å². The zero-order valence-corrected chi connectivity index (χ0v) is 12.8. The van der Waals surface area contributed by atoms with E-state index in [0.29, 0.717) is 10.0 Å². The Balaban J connectivity index is 2.56. The van der Waals surface area contributed by atoms with Gasteiger partial charge in [0.1, 0.15) is 0 Å². The van der Waals surface area contributed by atoms with Crippen LogP contribution >= 0.6 is 23.2 Å². The molecular weight excluding hydrogens is 277 g/mol. The van der Waals surface area contributed by atoms with E-state index in [0.717, 1.165) is 5.56 Å². The van der Waals surface area contributed by atoms with Gasteiger partial charge >= 0.3 is 0 Å². The van der Waals surface area contributed by atoms with Gasteiger partial charge in [-0.3, -0.25) is 0 Å². The van der Waals surface area contributed by atoms with Gasteiger partial charge in [0, 0.05) is 10.0 Å². The quantitative estimate of drug-likeness (QED) is 0.847. The molecule has 100 valence electrons. The Hall–Kier alpha value is -1.02. The van der Waals surface area contributed by atoms with E-state index in [1.807, 2.05) is 19.2 Å². The molecule has 0 aromatic heterocycles. The fraction of sp³-hybridized carbons (Fsp3) is 0.250. The predicted octanol–water partition coefficient (Wildman–Crippen LogP) is 4.92. The van der Waals surface area contributed by atoms with Gasteiger partial charge in [-0.15, -0.1) is 0 Å². The summed E-state index contributed by atoms with van der Waals surface area (Å²) in [5.41, 5.74) is 4.83. The molecule has 1 nitrogen and oxygen atoms in total. The van der Waals surface area contributed by atoms with Crippen LogP contribution in [-0.4, -0.2) is 7.05 Å². The van der Waals surface area contributed by atoms with E-state index in [-0.39, 0.29) is 6.04 Å². The van der Waals surface area contributed by atoms with Gasteiger partial charge in [0.05, 0.1) is 6.04 Å². The summed E-state index contributed by atoms with van der Waals surface area (Å²) in [4.78, 5) is 0. The first-order valence-electron chi connectivity index (χ1n) is 6.23. The molecule has 0 aliphatic carbocycles. The van der Waals surface area contributed by atoms with E-state index in [2.05, 4.69) is 37.4 Å². The molecule has 0 amide bonds. The van der Waals surface area contributed by atoms with Crippen molar-refractivity contribution in [2.24, 2.45) is 0 Å². The minimum Gasteiger partial charge on any atom is -0.309 e. The average molecular weight is 294 g/mol. The van der Waals surface area contributed by atoms with Crippen molar-refractivity contribution in [2.45, 2.75) is 19.9 Å². The molecule has 2 aromatic rings. The molecule has 1 unspecified atom stereocenters. The van der Waals surface area contributed by atoms with Crippen molar-refractivity contribution in [3.05, 3.63) is 68.7 Å². The second-order valence-corrected chi connectivity index (χ2v) is 5.54. The van der Waals surface area contributed by atoms with Gasteiger partial charge in [-0.25, -0.2) is 0 Å². The van der Waals surface area contributed by atoms with E-state index in [1.54, 1.807) is 6.07 Å². The molecule has 19 heavy (non-hydrogen) atoms. The minimum atomic E-state index is 0.0750. The fourth-order valence-electron chi connectivity index (χ4n) is 2.47. The first-order chi connectivity index (χ1) is 9.04. The summed E-state index contributed by atoms with van der Waals surface area (Å²) in [5.74, 6) is 0. The molecule has 1 N–H and O–H groups in total. The predicted molar refractivity (Wildman–Crippen MR) is 83.3 cm³/mol. The van der Waals surface area contributed by atoms with E-state index in [1.165, 1.54) is 16.7 Å². The zero-order chi connectivity index (χ0) is 14.0. The molecule has 0 radical (unpaired) electrons. The van der Waals surface area contributed by atoms with Crippen LogP contribution in [0.1, 0.15) is 28.3 Å². The van der Waals surface area contributed by atoms with Gasteiger partial charge in [-0.1, -0.05) is 47.5 Å². The van der Waals surface area contributed by atoms with E-state index in [9.17, 15) is 0 Å². The molecule has 3 heteroatoms. The lowest BCUT2D eigenvalue weighted by atomic mass is 9.91. The van der Waals surface area contributed by atoms with Gasteiger partial charge < -0.3 is 5.32 Å². The maximum Gasteiger partial charge on any atom is 0.0594 e. The Morgan fingerprint density at radius 2 is 1.63 bits per heavy atom. The lowest BCUT2D eigenvalue weighted by molar-refractivity contribution is 0.683. The third-order valence-corrected chi connectivity index (χ3v) is 3.96. The van der Waals surface area contributed by atoms with Crippen LogP contribution in [0.3, 0.4) is 0 Å². The molecule has 0 saturated heterocycles. The molecule has 0 saturated carbocycles. The Morgan fingerprint density at radius 3 is 2.16 bits per heavy atom. The Labute approximate surface area is 124 Å². The van der Waals surface area contributed by atoms with E-state index >= 15 is 0 Å². The number of hydrogen-bond donors (Lipinski definition) is 1. The van der Waals surface area contributed by atoms with Gasteiger partial charge in [-0.2, -0.15) is 0 Å². The standard InChI is InChI=1S/C16H17Cl2N/c1-10-5-4-6-11(2)15(10)16(19-3)13-8-7-12(17)9-14(13)18/h4-9,16,19H,1-3H3. The molecule has 2 rings (SSSR count). The first-order valence-corrected chi connectivity index (χ1v) is 6.98. The second kappa shape index (κ2) is 5.96. The first kappa shape index (κ1) is 14.4. The summed E-state index contributed by atoms with van der Waals surface area (Å²) < 4.78 is 0. The summed E-state index contributed by atoms with van der Waals surface area (Å²) in [6, 6.07) is 12.0. The number of aryl methyl sites for hydroxylation is 2. The van der Waals surface area contributed by atoms with Crippen LogP contribution in [-0.2, 0) is 0 Å². The van der Waals surface area contributed by atoms with Crippen molar-refractivity contribution < 1.29 is 0 Å². The van der Waals surface area contributed by atoms with Crippen LogP contribution in [0.15, 0.2) is 36.4 Å². The molecule has 1 atom stereocenters. The highest BCUT2D eigenvalue weighted by Crippen LogP contribution is 2.33. The Kier molecular flexibility index (Phi) is 4.51. The van der Waals surface area contributed by atoms with Gasteiger partial charge in [0.2, 0.25) is 0 Å². The van der Waals surface area contributed by atoms with Crippen molar-refractivity contribution >= 4 is 23.2 Å². The van der Waals surface area contributed by atoms with Crippen LogP contribution < -0.4 is 5.32 Å². The fourth-order valence-corrected chi connectivity index (χ4v) is 2.99. The summed E-state index contributed by atoms with van der Waals surface area (Å²) in [6.07, 6.45) is 0. The number of hydrogen-bond acceptors (Lipinski definition) is 1. The molecule has 0 bridgehead atoms. The smallest absolute Gasteiger partial charge is 0.0594 e. The highest BCUT2D eigenvalue weighted by molar-refractivity contribution is 6.35. The largest absolute Gasteiger partial charge is 0.309 e. The molecule has 0 aliphatic heterocycles. The topological polar surface area (TPSA) is 12.0 Å². The zero-order valence-electron chi connectivity index (χ0n) is 11.3. The van der Waals surface area contributed by atoms with Gasteiger partial charge in [-0.05, 0) is 55.3 Å². The normalized spacial score (nSPS) is 12.5. The molecule has 0 spiro atoms. The molecule has 2 aromatic carbocycles. The summed E-state index contributed by atoms with van der Waals surface area (Å²) >= 11 is 12.3. The average Bonchev–Trinajstić information content (AvgIpc) is 2.35. The van der Waals surface area contributed by atoms with Crippen LogP contribution in [0, 0.1) is 13.8 Å². The Morgan fingerprint density at radius 1 is 1.00 bits per heavy atom. The third-order valence-electron chi connectivity index (χ3n) is 3.39. The maximum atomic E-state index is 6.33. The van der Waals surface area contributed by atoms with Gasteiger partial charge in [0.25, 0.3) is 0 Å². The lowest BCUT2D eigenvalue weighted by Crippen LogP contribution is -2.20. The Bertz CT molecular complexity index is 573. The monoisotopic (exact) mass is 293 g/mol. The molecule has 0 heterocycles.